The molecule has 0 heterocycles. The first-order chi connectivity index (χ1) is 18.9. The summed E-state index contributed by atoms with van der Waals surface area (Å²) in [4.78, 5) is 2.42. The van der Waals surface area contributed by atoms with Crippen LogP contribution in [0.15, 0.2) is 115 Å². The van der Waals surface area contributed by atoms with E-state index in [1.807, 2.05) is 0 Å². The van der Waals surface area contributed by atoms with Crippen LogP contribution in [0.1, 0.15) is 49.9 Å². The number of hydrogen-bond acceptors (Lipinski definition) is 1. The number of nitrogens with zero attached hydrogens (tertiary/aromatic N) is 1. The third kappa shape index (κ3) is 2.85. The summed E-state index contributed by atoms with van der Waals surface area (Å²) in [5.41, 5.74) is 12.0. The summed E-state index contributed by atoms with van der Waals surface area (Å²) < 4.78 is 0. The summed E-state index contributed by atoms with van der Waals surface area (Å²) in [6.07, 6.45) is 0. The van der Waals surface area contributed by atoms with Gasteiger partial charge in [0.05, 0.1) is 0 Å². The molecule has 2 aliphatic carbocycles. The Morgan fingerprint density at radius 1 is 0.436 bits per heavy atom. The van der Waals surface area contributed by atoms with Gasteiger partial charge in [-0.1, -0.05) is 107 Å². The topological polar surface area (TPSA) is 3.24 Å². The minimum atomic E-state index is -0.133. The third-order valence-electron chi connectivity index (χ3n) is 9.36. The molecule has 0 N–H and O–H groups in total. The van der Waals surface area contributed by atoms with Gasteiger partial charge in [0.25, 0.3) is 0 Å². The Hall–Kier alpha value is -4.36. The van der Waals surface area contributed by atoms with Crippen molar-refractivity contribution in [2.75, 3.05) is 4.90 Å². The van der Waals surface area contributed by atoms with Gasteiger partial charge in [0, 0.05) is 27.9 Å². The standard InChI is InChI=1S/C38H31N/c1-37(2)30-21-13-20-28-27-18-11-12-19-29(27)36-35(33(28)30)34-31(37)22-26(23-32(34)38(36,3)4)39(24-14-7-5-8-15-24)25-16-9-6-10-17-25/h5-23H,1-4H3. The first-order valence-corrected chi connectivity index (χ1v) is 14.0. The number of benzene rings is 6. The molecule has 8 rings (SSSR count). The summed E-state index contributed by atoms with van der Waals surface area (Å²) in [7, 11) is 0. The van der Waals surface area contributed by atoms with E-state index >= 15 is 0 Å². The molecule has 0 saturated heterocycles. The van der Waals surface area contributed by atoms with E-state index in [1.165, 1.54) is 72.0 Å². The molecule has 0 bridgehead atoms. The highest BCUT2D eigenvalue weighted by atomic mass is 15.1. The predicted octanol–water partition coefficient (Wildman–Crippen LogP) is 10.4. The summed E-state index contributed by atoms with van der Waals surface area (Å²) in [6.45, 7) is 9.69. The lowest BCUT2D eigenvalue weighted by Crippen LogP contribution is -2.24. The van der Waals surface area contributed by atoms with Gasteiger partial charge in [0.15, 0.2) is 0 Å². The second-order valence-electron chi connectivity index (χ2n) is 12.2. The molecule has 0 fully saturated rings. The Kier molecular flexibility index (Phi) is 4.41. The smallest absolute Gasteiger partial charge is 0.0468 e. The van der Waals surface area contributed by atoms with Crippen LogP contribution in [-0.4, -0.2) is 0 Å². The molecule has 1 heteroatoms. The number of para-hydroxylation sites is 2. The number of fused-ring (bicyclic) bond motifs is 3. The average Bonchev–Trinajstić information content (AvgIpc) is 3.20. The molecule has 39 heavy (non-hydrogen) atoms. The maximum atomic E-state index is 2.48. The Balaban J connectivity index is 1.53. The molecule has 6 aromatic carbocycles. The molecule has 0 radical (unpaired) electrons. The molecular formula is C38H31N. The zero-order chi connectivity index (χ0) is 26.5. The van der Waals surface area contributed by atoms with Gasteiger partial charge in [0.2, 0.25) is 0 Å². The fourth-order valence-electron chi connectivity index (χ4n) is 7.55. The number of hydrogen-bond donors (Lipinski definition) is 0. The van der Waals surface area contributed by atoms with Crippen molar-refractivity contribution < 1.29 is 0 Å². The van der Waals surface area contributed by atoms with E-state index in [9.17, 15) is 0 Å². The number of rotatable bonds is 3. The highest BCUT2D eigenvalue weighted by Gasteiger charge is 2.46. The summed E-state index contributed by atoms with van der Waals surface area (Å²) >= 11 is 0. The van der Waals surface area contributed by atoms with Gasteiger partial charge in [-0.25, -0.2) is 0 Å². The van der Waals surface area contributed by atoms with Crippen LogP contribution < -0.4 is 4.90 Å². The van der Waals surface area contributed by atoms with Crippen LogP contribution in [0.5, 0.6) is 0 Å². The van der Waals surface area contributed by atoms with Crippen LogP contribution in [0.4, 0.5) is 17.1 Å². The van der Waals surface area contributed by atoms with E-state index < -0.39 is 0 Å². The van der Waals surface area contributed by atoms with Crippen molar-refractivity contribution in [3.63, 3.8) is 0 Å². The van der Waals surface area contributed by atoms with E-state index in [4.69, 9.17) is 0 Å². The van der Waals surface area contributed by atoms with Gasteiger partial charge in [-0.2, -0.15) is 0 Å². The molecule has 188 valence electrons. The van der Waals surface area contributed by atoms with Crippen LogP contribution in [0.3, 0.4) is 0 Å². The summed E-state index contributed by atoms with van der Waals surface area (Å²) in [6, 6.07) is 42.5. The van der Waals surface area contributed by atoms with Crippen LogP contribution >= 0.6 is 0 Å². The largest absolute Gasteiger partial charge is 0.310 e. The van der Waals surface area contributed by atoms with Crippen molar-refractivity contribution in [2.45, 2.75) is 38.5 Å². The van der Waals surface area contributed by atoms with Gasteiger partial charge in [-0.15, -0.1) is 0 Å². The molecule has 1 nitrogen and oxygen atoms in total. The van der Waals surface area contributed by atoms with Crippen molar-refractivity contribution >= 4 is 38.6 Å². The van der Waals surface area contributed by atoms with Crippen molar-refractivity contribution in [1.29, 1.82) is 0 Å². The third-order valence-corrected chi connectivity index (χ3v) is 9.36. The molecule has 6 aromatic rings. The Bertz CT molecular complexity index is 1910. The van der Waals surface area contributed by atoms with Crippen LogP contribution in [0, 0.1) is 0 Å². The van der Waals surface area contributed by atoms with Gasteiger partial charge in [0.1, 0.15) is 0 Å². The zero-order valence-electron chi connectivity index (χ0n) is 22.9. The lowest BCUT2D eigenvalue weighted by atomic mass is 9.68. The molecule has 0 aliphatic heterocycles. The van der Waals surface area contributed by atoms with E-state index in [0.29, 0.717) is 0 Å². The van der Waals surface area contributed by atoms with Crippen LogP contribution in [-0.2, 0) is 10.8 Å². The van der Waals surface area contributed by atoms with Crippen molar-refractivity contribution in [3.8, 4) is 11.1 Å². The summed E-state index contributed by atoms with van der Waals surface area (Å²) in [5, 5.41) is 5.58. The molecule has 0 spiro atoms. The molecule has 0 aromatic heterocycles. The number of anilines is 3. The zero-order valence-corrected chi connectivity index (χ0v) is 22.9. The predicted molar refractivity (Wildman–Crippen MR) is 166 cm³/mol. The Morgan fingerprint density at radius 2 is 0.974 bits per heavy atom. The minimum Gasteiger partial charge on any atom is -0.310 e. The fraction of sp³-hybridized carbons (Fsp3) is 0.158. The molecule has 0 saturated carbocycles. The van der Waals surface area contributed by atoms with Crippen LogP contribution in [0.2, 0.25) is 0 Å². The molecule has 2 aliphatic rings. The van der Waals surface area contributed by atoms with Crippen molar-refractivity contribution in [2.24, 2.45) is 0 Å². The minimum absolute atomic E-state index is 0.129. The average molecular weight is 502 g/mol. The molecule has 0 unspecified atom stereocenters. The maximum absolute atomic E-state index is 2.48. The Morgan fingerprint density at radius 3 is 1.62 bits per heavy atom. The van der Waals surface area contributed by atoms with E-state index in [1.54, 1.807) is 0 Å². The maximum Gasteiger partial charge on any atom is 0.0468 e. The van der Waals surface area contributed by atoms with Gasteiger partial charge in [-0.3, -0.25) is 0 Å². The van der Waals surface area contributed by atoms with Crippen molar-refractivity contribution in [1.82, 2.24) is 0 Å². The first-order valence-electron chi connectivity index (χ1n) is 14.0. The van der Waals surface area contributed by atoms with Gasteiger partial charge < -0.3 is 4.90 Å². The highest BCUT2D eigenvalue weighted by Crippen LogP contribution is 2.62. The monoisotopic (exact) mass is 501 g/mol. The Labute approximate surface area is 230 Å². The van der Waals surface area contributed by atoms with Gasteiger partial charge in [-0.05, 0) is 91.3 Å². The first kappa shape index (κ1) is 22.6. The van der Waals surface area contributed by atoms with Crippen molar-refractivity contribution in [3.05, 3.63) is 138 Å². The fourth-order valence-corrected chi connectivity index (χ4v) is 7.55. The molecule has 0 atom stereocenters. The molecule has 0 amide bonds. The SMILES string of the molecule is CC1(C)c2cc(N(c3ccccc3)c3ccccc3)cc3c2-c2c1c1ccccc1c1cccc(c21)C3(C)C. The normalized spacial score (nSPS) is 15.6. The second kappa shape index (κ2) is 7.61. The molecular weight excluding hydrogens is 470 g/mol. The second-order valence-corrected chi connectivity index (χ2v) is 12.2. The van der Waals surface area contributed by atoms with E-state index in [-0.39, 0.29) is 10.8 Å². The quantitative estimate of drug-likeness (QED) is 0.218. The van der Waals surface area contributed by atoms with E-state index in [2.05, 4.69) is 148 Å². The highest BCUT2D eigenvalue weighted by molar-refractivity contribution is 6.21. The van der Waals surface area contributed by atoms with Gasteiger partial charge >= 0.3 is 0 Å². The van der Waals surface area contributed by atoms with E-state index in [0.717, 1.165) is 0 Å². The summed E-state index contributed by atoms with van der Waals surface area (Å²) in [5.74, 6) is 0. The lowest BCUT2D eigenvalue weighted by Gasteiger charge is -2.37. The van der Waals surface area contributed by atoms with Crippen LogP contribution in [0.25, 0.3) is 32.7 Å². The lowest BCUT2D eigenvalue weighted by molar-refractivity contribution is 0.640.